The van der Waals surface area contributed by atoms with Crippen molar-refractivity contribution >= 4 is 12.4 Å². The van der Waals surface area contributed by atoms with Crippen LogP contribution in [-0.2, 0) is 0 Å². The monoisotopic (exact) mass is 261 g/mol. The molecule has 0 radical (unpaired) electrons. The van der Waals surface area contributed by atoms with Crippen LogP contribution in [0.25, 0.3) is 0 Å². The number of halogens is 3. The maximum atomic E-state index is 12.9. The summed E-state index contributed by atoms with van der Waals surface area (Å²) in [6, 6.07) is 3.29. The molecular weight excluding hydrogens is 248 g/mol. The minimum Gasteiger partial charge on any atom is -0.493 e. The smallest absolute Gasteiger partial charge is 0.129 e. The number of piperidine rings is 1. The summed E-state index contributed by atoms with van der Waals surface area (Å²) in [5.41, 5.74) is 0. The summed E-state index contributed by atoms with van der Waals surface area (Å²) in [6.07, 6.45) is 0. The van der Waals surface area contributed by atoms with Crippen molar-refractivity contribution in [3.8, 4) is 5.75 Å². The van der Waals surface area contributed by atoms with Crippen molar-refractivity contribution in [3.05, 3.63) is 29.8 Å². The van der Waals surface area contributed by atoms with Crippen LogP contribution >= 0.6 is 12.4 Å². The van der Waals surface area contributed by atoms with Crippen molar-refractivity contribution in [2.24, 2.45) is 17.8 Å². The lowest BCUT2D eigenvalue weighted by atomic mass is 10.3. The summed E-state index contributed by atoms with van der Waals surface area (Å²) in [5, 5.41) is 3.29. The number of nitrogens with one attached hydrogen (secondary N) is 1. The first-order chi connectivity index (χ1) is 7.74. The van der Waals surface area contributed by atoms with Gasteiger partial charge in [-0.3, -0.25) is 0 Å². The molecule has 3 atom stereocenters. The summed E-state index contributed by atoms with van der Waals surface area (Å²) < 4.78 is 31.2. The van der Waals surface area contributed by atoms with E-state index in [1.54, 1.807) is 0 Å². The van der Waals surface area contributed by atoms with Gasteiger partial charge in [0.15, 0.2) is 0 Å². The van der Waals surface area contributed by atoms with Crippen molar-refractivity contribution < 1.29 is 13.5 Å². The Morgan fingerprint density at radius 3 is 2.29 bits per heavy atom. The van der Waals surface area contributed by atoms with E-state index in [1.165, 1.54) is 12.1 Å². The third-order valence-corrected chi connectivity index (χ3v) is 3.55. The van der Waals surface area contributed by atoms with Crippen molar-refractivity contribution in [2.75, 3.05) is 19.7 Å². The molecule has 0 spiro atoms. The van der Waals surface area contributed by atoms with Crippen LogP contribution in [0.15, 0.2) is 18.2 Å². The molecule has 0 bridgehead atoms. The molecular formula is C12H14ClF2NO. The van der Waals surface area contributed by atoms with Gasteiger partial charge in [0, 0.05) is 24.1 Å². The Kier molecular flexibility index (Phi) is 3.54. The second-order valence-corrected chi connectivity index (χ2v) is 4.57. The zero-order chi connectivity index (χ0) is 11.1. The first-order valence-electron chi connectivity index (χ1n) is 5.53. The molecule has 94 valence electrons. The van der Waals surface area contributed by atoms with Crippen LogP contribution in [0.1, 0.15) is 0 Å². The molecule has 1 heterocycles. The summed E-state index contributed by atoms with van der Waals surface area (Å²) in [5.74, 6) is 1.08. The van der Waals surface area contributed by atoms with E-state index in [0.717, 1.165) is 19.2 Å². The van der Waals surface area contributed by atoms with Crippen molar-refractivity contribution in [3.63, 3.8) is 0 Å². The second kappa shape index (κ2) is 4.78. The molecule has 2 nitrogen and oxygen atoms in total. The Hall–Kier alpha value is -0.870. The maximum absolute atomic E-state index is 12.9. The van der Waals surface area contributed by atoms with Crippen molar-refractivity contribution in [2.45, 2.75) is 0 Å². The highest BCUT2D eigenvalue weighted by atomic mass is 35.5. The summed E-state index contributed by atoms with van der Waals surface area (Å²) in [6.45, 7) is 2.67. The molecule has 1 saturated carbocycles. The molecule has 3 rings (SSSR count). The average molecular weight is 262 g/mol. The number of hydrogen-bond donors (Lipinski definition) is 1. The summed E-state index contributed by atoms with van der Waals surface area (Å²) in [4.78, 5) is 0. The minimum absolute atomic E-state index is 0. The zero-order valence-electron chi connectivity index (χ0n) is 9.16. The molecule has 1 aliphatic carbocycles. The Morgan fingerprint density at radius 2 is 1.71 bits per heavy atom. The number of rotatable bonds is 3. The quantitative estimate of drug-likeness (QED) is 0.901. The normalized spacial score (nSPS) is 29.4. The highest BCUT2D eigenvalue weighted by molar-refractivity contribution is 5.85. The molecule has 0 aromatic heterocycles. The van der Waals surface area contributed by atoms with E-state index >= 15 is 0 Å². The fraction of sp³-hybridized carbons (Fsp3) is 0.500. The third-order valence-electron chi connectivity index (χ3n) is 3.55. The maximum Gasteiger partial charge on any atom is 0.129 e. The Balaban J connectivity index is 0.00000108. The SMILES string of the molecule is Cl.Fc1cc(F)cc(OCC2[C@H]3CNC[C@@H]23)c1. The van der Waals surface area contributed by atoms with Crippen molar-refractivity contribution in [1.82, 2.24) is 5.32 Å². The van der Waals surface area contributed by atoms with E-state index in [4.69, 9.17) is 4.74 Å². The molecule has 1 unspecified atom stereocenters. The lowest BCUT2D eigenvalue weighted by Crippen LogP contribution is -2.17. The standard InChI is InChI=1S/C12H13F2NO.ClH/c13-7-1-8(14)3-9(2-7)16-6-12-10-4-15-5-11(10)12;/h1-3,10-12,15H,4-6H2;1H/t10-,11+,12?;. The van der Waals surface area contributed by atoms with Gasteiger partial charge >= 0.3 is 0 Å². The fourth-order valence-corrected chi connectivity index (χ4v) is 2.60. The first kappa shape index (κ1) is 12.6. The van der Waals surface area contributed by atoms with Crippen LogP contribution < -0.4 is 10.1 Å². The van der Waals surface area contributed by atoms with Crippen LogP contribution in [0.2, 0.25) is 0 Å². The predicted molar refractivity (Wildman–Crippen MR) is 62.4 cm³/mol. The molecule has 1 aliphatic heterocycles. The van der Waals surface area contributed by atoms with E-state index in [0.29, 0.717) is 24.4 Å². The molecule has 1 saturated heterocycles. The van der Waals surface area contributed by atoms with Gasteiger partial charge in [0.2, 0.25) is 0 Å². The highest BCUT2D eigenvalue weighted by Crippen LogP contribution is 2.48. The van der Waals surface area contributed by atoms with Gasteiger partial charge in [-0.1, -0.05) is 0 Å². The van der Waals surface area contributed by atoms with Gasteiger partial charge in [-0.05, 0) is 24.9 Å². The van der Waals surface area contributed by atoms with Crippen LogP contribution in [-0.4, -0.2) is 19.7 Å². The van der Waals surface area contributed by atoms with Gasteiger partial charge in [-0.25, -0.2) is 8.78 Å². The number of ether oxygens (including phenoxy) is 1. The largest absolute Gasteiger partial charge is 0.493 e. The first-order valence-corrected chi connectivity index (χ1v) is 5.53. The molecule has 2 aliphatic rings. The molecule has 5 heteroatoms. The Morgan fingerprint density at radius 1 is 1.12 bits per heavy atom. The fourth-order valence-electron chi connectivity index (χ4n) is 2.60. The van der Waals surface area contributed by atoms with Gasteiger partial charge in [-0.2, -0.15) is 0 Å². The van der Waals surface area contributed by atoms with Crippen LogP contribution in [0.4, 0.5) is 8.78 Å². The Bertz CT molecular complexity index is 385. The number of hydrogen-bond acceptors (Lipinski definition) is 2. The minimum atomic E-state index is -0.590. The van der Waals surface area contributed by atoms with E-state index in [9.17, 15) is 8.78 Å². The van der Waals surface area contributed by atoms with Gasteiger partial charge < -0.3 is 10.1 Å². The number of benzene rings is 1. The molecule has 17 heavy (non-hydrogen) atoms. The highest BCUT2D eigenvalue weighted by Gasteiger charge is 2.52. The third kappa shape index (κ3) is 2.53. The van der Waals surface area contributed by atoms with Gasteiger partial charge in [0.05, 0.1) is 6.61 Å². The molecule has 1 aromatic carbocycles. The predicted octanol–water partition coefficient (Wildman–Crippen LogP) is 2.23. The summed E-state index contributed by atoms with van der Waals surface area (Å²) >= 11 is 0. The average Bonchev–Trinajstić information content (AvgIpc) is 2.68. The van der Waals surface area contributed by atoms with Crippen LogP contribution in [0.3, 0.4) is 0 Å². The number of fused-ring (bicyclic) bond motifs is 1. The second-order valence-electron chi connectivity index (χ2n) is 4.57. The van der Waals surface area contributed by atoms with Crippen LogP contribution in [0.5, 0.6) is 5.75 Å². The summed E-state index contributed by atoms with van der Waals surface area (Å²) in [7, 11) is 0. The van der Waals surface area contributed by atoms with Gasteiger partial charge in [-0.15, -0.1) is 12.4 Å². The van der Waals surface area contributed by atoms with Crippen molar-refractivity contribution in [1.29, 1.82) is 0 Å². The van der Waals surface area contributed by atoms with E-state index in [1.807, 2.05) is 0 Å². The van der Waals surface area contributed by atoms with Gasteiger partial charge in [0.1, 0.15) is 17.4 Å². The lowest BCUT2D eigenvalue weighted by molar-refractivity contribution is 0.278. The van der Waals surface area contributed by atoms with Crippen LogP contribution in [0, 0.1) is 29.4 Å². The van der Waals surface area contributed by atoms with Gasteiger partial charge in [0.25, 0.3) is 0 Å². The zero-order valence-corrected chi connectivity index (χ0v) is 9.97. The topological polar surface area (TPSA) is 21.3 Å². The molecule has 0 amide bonds. The van der Waals surface area contributed by atoms with E-state index in [-0.39, 0.29) is 18.2 Å². The van der Waals surface area contributed by atoms with E-state index < -0.39 is 11.6 Å². The molecule has 2 fully saturated rings. The molecule has 1 aromatic rings. The Labute approximate surface area is 105 Å². The van der Waals surface area contributed by atoms with E-state index in [2.05, 4.69) is 5.32 Å². The lowest BCUT2D eigenvalue weighted by Gasteiger charge is -2.08. The molecule has 1 N–H and O–H groups in total.